The van der Waals surface area contributed by atoms with E-state index in [9.17, 15) is 4.79 Å². The van der Waals surface area contributed by atoms with Crippen molar-refractivity contribution in [2.24, 2.45) is 0 Å². The normalized spacial score (nSPS) is 10.2. The van der Waals surface area contributed by atoms with Gasteiger partial charge in [-0.1, -0.05) is 0 Å². The zero-order valence-electron chi connectivity index (χ0n) is 11.3. The molecule has 4 N–H and O–H groups in total. The van der Waals surface area contributed by atoms with Crippen LogP contribution in [0.25, 0.3) is 0 Å². The minimum atomic E-state index is -0.206. The smallest absolute Gasteiger partial charge is 0.286 e. The monoisotopic (exact) mass is 274 g/mol. The van der Waals surface area contributed by atoms with Crippen LogP contribution >= 0.6 is 0 Å². The number of aromatic nitrogens is 1. The number of carbonyl (C=O) groups excluding carboxylic acids is 1. The van der Waals surface area contributed by atoms with Crippen molar-refractivity contribution in [2.45, 2.75) is 13.3 Å². The summed E-state index contributed by atoms with van der Waals surface area (Å²) in [5.74, 6) is 0.790. The summed E-state index contributed by atoms with van der Waals surface area (Å²) in [6.45, 7) is 3.17. The summed E-state index contributed by atoms with van der Waals surface area (Å²) in [5.41, 5.74) is 7.50. The third-order valence-corrected chi connectivity index (χ3v) is 2.73. The molecular formula is C14H18N4O2. The second kappa shape index (κ2) is 6.60. The van der Waals surface area contributed by atoms with Crippen molar-refractivity contribution in [3.05, 3.63) is 42.0 Å². The highest BCUT2D eigenvalue weighted by molar-refractivity contribution is 5.91. The maximum atomic E-state index is 11.6. The van der Waals surface area contributed by atoms with Crippen LogP contribution in [0, 0.1) is 6.92 Å². The highest BCUT2D eigenvalue weighted by Gasteiger charge is 2.06. The van der Waals surface area contributed by atoms with Gasteiger partial charge in [-0.25, -0.2) is 4.98 Å². The van der Waals surface area contributed by atoms with Crippen molar-refractivity contribution >= 4 is 17.4 Å². The number of nitrogens with zero attached hydrogens (tertiary/aromatic N) is 1. The second-order valence-corrected chi connectivity index (χ2v) is 4.46. The number of anilines is 2. The molecule has 0 aliphatic rings. The average Bonchev–Trinajstić information content (AvgIpc) is 2.94. The molecule has 0 radical (unpaired) electrons. The molecule has 0 unspecified atom stereocenters. The maximum absolute atomic E-state index is 11.6. The van der Waals surface area contributed by atoms with Crippen molar-refractivity contribution in [3.63, 3.8) is 0 Å². The summed E-state index contributed by atoms with van der Waals surface area (Å²) >= 11 is 0. The largest absolute Gasteiger partial charge is 0.459 e. The first-order chi connectivity index (χ1) is 9.66. The van der Waals surface area contributed by atoms with Crippen molar-refractivity contribution in [1.82, 2.24) is 10.3 Å². The van der Waals surface area contributed by atoms with Gasteiger partial charge in [0.05, 0.1) is 12.0 Å². The van der Waals surface area contributed by atoms with Crippen LogP contribution in [0.2, 0.25) is 0 Å². The van der Waals surface area contributed by atoms with Crippen molar-refractivity contribution in [1.29, 1.82) is 0 Å². The quantitative estimate of drug-likeness (QED) is 0.698. The lowest BCUT2D eigenvalue weighted by molar-refractivity contribution is 0.0926. The molecule has 0 spiro atoms. The molecule has 2 aromatic rings. The van der Waals surface area contributed by atoms with E-state index in [1.54, 1.807) is 18.3 Å². The van der Waals surface area contributed by atoms with Crippen molar-refractivity contribution < 1.29 is 9.21 Å². The first-order valence-electron chi connectivity index (χ1n) is 6.44. The van der Waals surface area contributed by atoms with Gasteiger partial charge in [-0.05, 0) is 37.1 Å². The Hall–Kier alpha value is -2.50. The molecular weight excluding hydrogens is 256 g/mol. The van der Waals surface area contributed by atoms with Crippen LogP contribution in [0.4, 0.5) is 11.5 Å². The molecule has 0 saturated heterocycles. The van der Waals surface area contributed by atoms with Crippen molar-refractivity contribution in [2.75, 3.05) is 24.1 Å². The topological polar surface area (TPSA) is 93.2 Å². The Bertz CT molecular complexity index is 567. The van der Waals surface area contributed by atoms with Crippen LogP contribution in [0.3, 0.4) is 0 Å². The Kier molecular flexibility index (Phi) is 4.60. The minimum absolute atomic E-state index is 0.206. The zero-order chi connectivity index (χ0) is 14.4. The summed E-state index contributed by atoms with van der Waals surface area (Å²) in [7, 11) is 0. The summed E-state index contributed by atoms with van der Waals surface area (Å²) in [4.78, 5) is 15.8. The second-order valence-electron chi connectivity index (χ2n) is 4.46. The van der Waals surface area contributed by atoms with Gasteiger partial charge in [0, 0.05) is 19.3 Å². The number of aryl methyl sites for hydroxylation is 1. The van der Waals surface area contributed by atoms with Gasteiger partial charge in [0.2, 0.25) is 0 Å². The van der Waals surface area contributed by atoms with E-state index in [1.165, 1.54) is 6.26 Å². The number of hydrogen-bond acceptors (Lipinski definition) is 5. The van der Waals surface area contributed by atoms with Gasteiger partial charge in [0.1, 0.15) is 5.82 Å². The van der Waals surface area contributed by atoms with E-state index < -0.39 is 0 Å². The summed E-state index contributed by atoms with van der Waals surface area (Å²) < 4.78 is 4.99. The Morgan fingerprint density at radius 2 is 2.30 bits per heavy atom. The Morgan fingerprint density at radius 3 is 3.00 bits per heavy atom. The SMILES string of the molecule is Cc1cnc(NCCCNC(=O)c2ccco2)c(N)c1. The summed E-state index contributed by atoms with van der Waals surface area (Å²) in [6, 6.07) is 5.18. The molecule has 106 valence electrons. The lowest BCUT2D eigenvalue weighted by Crippen LogP contribution is -2.25. The molecule has 0 saturated carbocycles. The molecule has 0 aromatic carbocycles. The Balaban J connectivity index is 1.68. The molecule has 6 heteroatoms. The molecule has 6 nitrogen and oxygen atoms in total. The van der Waals surface area contributed by atoms with E-state index in [0.29, 0.717) is 30.4 Å². The van der Waals surface area contributed by atoms with Gasteiger partial charge in [-0.3, -0.25) is 4.79 Å². The molecule has 1 amide bonds. The summed E-state index contributed by atoms with van der Waals surface area (Å²) in [6.07, 6.45) is 4.00. The number of amides is 1. The van der Waals surface area contributed by atoms with Crippen LogP contribution in [0.1, 0.15) is 22.5 Å². The predicted molar refractivity (Wildman–Crippen MR) is 77.5 cm³/mol. The number of pyridine rings is 1. The fourth-order valence-electron chi connectivity index (χ4n) is 1.73. The van der Waals surface area contributed by atoms with Gasteiger partial charge in [0.15, 0.2) is 5.76 Å². The van der Waals surface area contributed by atoms with Gasteiger partial charge < -0.3 is 20.8 Å². The van der Waals surface area contributed by atoms with Crippen LogP contribution < -0.4 is 16.4 Å². The number of nitrogen functional groups attached to an aromatic ring is 1. The average molecular weight is 274 g/mol. The fraction of sp³-hybridized carbons (Fsp3) is 0.286. The highest BCUT2D eigenvalue weighted by Crippen LogP contribution is 2.15. The molecule has 2 rings (SSSR count). The molecule has 0 fully saturated rings. The standard InChI is InChI=1S/C14H18N4O2/c1-10-8-11(15)13(18-9-10)16-5-3-6-17-14(19)12-4-2-7-20-12/h2,4,7-9H,3,5-6,15H2,1H3,(H,16,18)(H,17,19). The lowest BCUT2D eigenvalue weighted by Gasteiger charge is -2.09. The number of nitrogens with one attached hydrogen (secondary N) is 2. The molecule has 0 aliphatic carbocycles. The molecule has 2 aromatic heterocycles. The minimum Gasteiger partial charge on any atom is -0.459 e. The molecule has 20 heavy (non-hydrogen) atoms. The molecule has 0 aliphatic heterocycles. The number of carbonyl (C=O) groups is 1. The molecule has 2 heterocycles. The maximum Gasteiger partial charge on any atom is 0.286 e. The Morgan fingerprint density at radius 1 is 1.45 bits per heavy atom. The fourth-order valence-corrected chi connectivity index (χ4v) is 1.73. The lowest BCUT2D eigenvalue weighted by atomic mass is 10.3. The molecule has 0 bridgehead atoms. The van der Waals surface area contributed by atoms with E-state index in [2.05, 4.69) is 15.6 Å². The van der Waals surface area contributed by atoms with E-state index >= 15 is 0 Å². The van der Waals surface area contributed by atoms with Gasteiger partial charge in [0.25, 0.3) is 5.91 Å². The Labute approximate surface area is 117 Å². The third-order valence-electron chi connectivity index (χ3n) is 2.73. The first kappa shape index (κ1) is 13.9. The van der Waals surface area contributed by atoms with Gasteiger partial charge >= 0.3 is 0 Å². The van der Waals surface area contributed by atoms with E-state index in [-0.39, 0.29) is 5.91 Å². The van der Waals surface area contributed by atoms with E-state index in [4.69, 9.17) is 10.2 Å². The van der Waals surface area contributed by atoms with E-state index in [1.807, 2.05) is 13.0 Å². The number of furan rings is 1. The van der Waals surface area contributed by atoms with Crippen LogP contribution in [-0.2, 0) is 0 Å². The van der Waals surface area contributed by atoms with Crippen LogP contribution in [0.5, 0.6) is 0 Å². The van der Waals surface area contributed by atoms with Crippen LogP contribution in [0.15, 0.2) is 35.1 Å². The van der Waals surface area contributed by atoms with Crippen LogP contribution in [-0.4, -0.2) is 24.0 Å². The predicted octanol–water partition coefficient (Wildman–Crippen LogP) is 1.80. The van der Waals surface area contributed by atoms with E-state index in [0.717, 1.165) is 12.0 Å². The van der Waals surface area contributed by atoms with Crippen molar-refractivity contribution in [3.8, 4) is 0 Å². The number of rotatable bonds is 6. The summed E-state index contributed by atoms with van der Waals surface area (Å²) in [5, 5.41) is 5.91. The number of hydrogen-bond donors (Lipinski definition) is 3. The highest BCUT2D eigenvalue weighted by atomic mass is 16.3. The first-order valence-corrected chi connectivity index (χ1v) is 6.44. The number of nitrogens with two attached hydrogens (primary N) is 1. The third kappa shape index (κ3) is 3.74. The molecule has 0 atom stereocenters. The zero-order valence-corrected chi connectivity index (χ0v) is 11.3. The van der Waals surface area contributed by atoms with Gasteiger partial charge in [-0.2, -0.15) is 0 Å². The van der Waals surface area contributed by atoms with Gasteiger partial charge in [-0.15, -0.1) is 0 Å².